The van der Waals surface area contributed by atoms with Gasteiger partial charge in [0.25, 0.3) is 0 Å². The maximum absolute atomic E-state index is 13.0. The van der Waals surface area contributed by atoms with Crippen LogP contribution in [-0.2, 0) is 9.47 Å². The third-order valence-corrected chi connectivity index (χ3v) is 8.09. The van der Waals surface area contributed by atoms with Crippen molar-refractivity contribution in [3.63, 3.8) is 0 Å². The number of rotatable bonds is 6. The molecule has 2 aliphatic heterocycles. The number of carbonyl (C=O) groups is 1. The largest absolute Gasteiger partial charge is 0.463 e. The highest BCUT2D eigenvalue weighted by Crippen LogP contribution is 2.38. The topological polar surface area (TPSA) is 117 Å². The Balaban J connectivity index is 1.49. The first-order chi connectivity index (χ1) is 19.1. The number of piperazine rings is 1. The number of benzene rings is 1. The monoisotopic (exact) mass is 614 g/mol. The number of carbonyl (C=O) groups excluding carboxylic acids is 1. The SMILES string of the molecule is CO[C@@H]1C[C@@H](COc2nc(N3CCN(C(=O)OC(C)(C)C)[C@@H](CC#N)C3)c3c(cc(Br)c4ccoc43)n2)N(C)C1. The van der Waals surface area contributed by atoms with Gasteiger partial charge in [0.2, 0.25) is 0 Å². The summed E-state index contributed by atoms with van der Waals surface area (Å²) in [5.74, 6) is 0.647. The number of nitrogens with zero attached hydrogens (tertiary/aromatic N) is 6. The van der Waals surface area contributed by atoms with E-state index in [0.29, 0.717) is 43.2 Å². The summed E-state index contributed by atoms with van der Waals surface area (Å²) < 4.78 is 24.1. The second-order valence-corrected chi connectivity index (χ2v) is 12.2. The smallest absolute Gasteiger partial charge is 0.410 e. The number of ether oxygens (including phenoxy) is 3. The molecule has 4 heterocycles. The summed E-state index contributed by atoms with van der Waals surface area (Å²) >= 11 is 3.65. The van der Waals surface area contributed by atoms with Gasteiger partial charge in [-0.1, -0.05) is 0 Å². The molecule has 0 saturated carbocycles. The molecule has 2 fully saturated rings. The Morgan fingerprint density at radius 3 is 2.75 bits per heavy atom. The molecule has 0 aliphatic carbocycles. The molecule has 11 nitrogen and oxygen atoms in total. The minimum atomic E-state index is -0.630. The van der Waals surface area contributed by atoms with Gasteiger partial charge in [0.15, 0.2) is 0 Å². The minimum absolute atomic E-state index is 0.165. The van der Waals surface area contributed by atoms with Gasteiger partial charge in [0, 0.05) is 49.2 Å². The van der Waals surface area contributed by atoms with Crippen molar-refractivity contribution in [2.45, 2.75) is 57.4 Å². The van der Waals surface area contributed by atoms with E-state index in [-0.39, 0.29) is 30.6 Å². The second-order valence-electron chi connectivity index (χ2n) is 11.4. The van der Waals surface area contributed by atoms with Gasteiger partial charge in [0.1, 0.15) is 23.6 Å². The van der Waals surface area contributed by atoms with Crippen LogP contribution in [0, 0.1) is 11.3 Å². The first-order valence-electron chi connectivity index (χ1n) is 13.4. The molecular formula is C28H35BrN6O5. The molecule has 214 valence electrons. The fourth-order valence-electron chi connectivity index (χ4n) is 5.40. The molecule has 5 rings (SSSR count). The summed E-state index contributed by atoms with van der Waals surface area (Å²) in [5, 5.41) is 11.2. The van der Waals surface area contributed by atoms with Crippen LogP contribution in [0.2, 0.25) is 0 Å². The molecule has 2 aliphatic rings. The van der Waals surface area contributed by atoms with Crippen molar-refractivity contribution in [2.24, 2.45) is 0 Å². The van der Waals surface area contributed by atoms with Crippen LogP contribution in [0.3, 0.4) is 0 Å². The second kappa shape index (κ2) is 11.4. The number of furan rings is 1. The molecule has 1 amide bonds. The Morgan fingerprint density at radius 1 is 1.25 bits per heavy atom. The molecule has 0 bridgehead atoms. The predicted octanol–water partition coefficient (Wildman–Crippen LogP) is 4.58. The Hall–Kier alpha value is -3.14. The average molecular weight is 616 g/mol. The van der Waals surface area contributed by atoms with Crippen molar-refractivity contribution in [1.29, 1.82) is 5.26 Å². The highest BCUT2D eigenvalue weighted by molar-refractivity contribution is 9.10. The summed E-state index contributed by atoms with van der Waals surface area (Å²) in [6.07, 6.45) is 2.43. The number of hydrogen-bond donors (Lipinski definition) is 0. The summed E-state index contributed by atoms with van der Waals surface area (Å²) in [7, 11) is 3.79. The van der Waals surface area contributed by atoms with E-state index in [1.165, 1.54) is 0 Å². The Bertz CT molecular complexity index is 1430. The Kier molecular flexibility index (Phi) is 8.08. The van der Waals surface area contributed by atoms with Crippen molar-refractivity contribution in [3.05, 3.63) is 22.9 Å². The van der Waals surface area contributed by atoms with Crippen LogP contribution >= 0.6 is 15.9 Å². The van der Waals surface area contributed by atoms with Crippen LogP contribution in [0.15, 0.2) is 27.3 Å². The highest BCUT2D eigenvalue weighted by Gasteiger charge is 2.35. The van der Waals surface area contributed by atoms with E-state index in [4.69, 9.17) is 28.6 Å². The van der Waals surface area contributed by atoms with Gasteiger partial charge < -0.3 is 28.4 Å². The van der Waals surface area contributed by atoms with E-state index in [1.807, 2.05) is 32.9 Å². The zero-order valence-corrected chi connectivity index (χ0v) is 25.1. The molecule has 3 aromatic rings. The van der Waals surface area contributed by atoms with Crippen LogP contribution in [0.1, 0.15) is 33.6 Å². The molecule has 0 spiro atoms. The third kappa shape index (κ3) is 5.82. The molecule has 0 radical (unpaired) electrons. The first kappa shape index (κ1) is 28.4. The van der Waals surface area contributed by atoms with Gasteiger partial charge in [-0.05, 0) is 62.3 Å². The minimum Gasteiger partial charge on any atom is -0.463 e. The van der Waals surface area contributed by atoms with Gasteiger partial charge in [-0.25, -0.2) is 4.79 Å². The van der Waals surface area contributed by atoms with E-state index < -0.39 is 11.7 Å². The van der Waals surface area contributed by atoms with Gasteiger partial charge in [-0.2, -0.15) is 15.2 Å². The fraction of sp³-hybridized carbons (Fsp3) is 0.571. The number of fused-ring (bicyclic) bond motifs is 3. The van der Waals surface area contributed by atoms with E-state index in [0.717, 1.165) is 28.2 Å². The Morgan fingerprint density at radius 2 is 2.05 bits per heavy atom. The lowest BCUT2D eigenvalue weighted by Crippen LogP contribution is -2.56. The molecule has 2 aromatic heterocycles. The number of halogens is 1. The highest BCUT2D eigenvalue weighted by atomic mass is 79.9. The quantitative estimate of drug-likeness (QED) is 0.390. The number of methoxy groups -OCH3 is 1. The van der Waals surface area contributed by atoms with Crippen molar-refractivity contribution in [2.75, 3.05) is 51.8 Å². The van der Waals surface area contributed by atoms with Gasteiger partial charge >= 0.3 is 12.1 Å². The van der Waals surface area contributed by atoms with Crippen molar-refractivity contribution >= 4 is 49.7 Å². The van der Waals surface area contributed by atoms with Crippen LogP contribution in [0.4, 0.5) is 10.6 Å². The molecular weight excluding hydrogens is 580 g/mol. The number of hydrogen-bond acceptors (Lipinski definition) is 10. The molecule has 40 heavy (non-hydrogen) atoms. The predicted molar refractivity (Wildman–Crippen MR) is 154 cm³/mol. The number of likely N-dealkylation sites (N-methyl/N-ethyl adjacent to an activating group) is 1. The van der Waals surface area contributed by atoms with E-state index >= 15 is 0 Å². The lowest BCUT2D eigenvalue weighted by atomic mass is 10.1. The maximum atomic E-state index is 13.0. The standard InChI is InChI=1S/C28H35BrN6O5/c1-28(2,3)40-27(36)35-10-9-34(14-17(35)6-8-30)25-23-22(13-21(29)20-7-11-38-24(20)23)31-26(32-25)39-16-18-12-19(37-5)15-33(18)4/h7,11,13,17-19H,6,9-10,12,14-16H2,1-5H3/t17-,18-,19+/m0/s1. The van der Waals surface area contributed by atoms with E-state index in [2.05, 4.69) is 38.8 Å². The van der Waals surface area contributed by atoms with Gasteiger partial charge in [-0.3, -0.25) is 4.90 Å². The zero-order chi connectivity index (χ0) is 28.6. The van der Waals surface area contributed by atoms with Crippen molar-refractivity contribution in [3.8, 4) is 12.1 Å². The number of nitriles is 1. The van der Waals surface area contributed by atoms with Crippen LogP contribution in [0.5, 0.6) is 6.01 Å². The summed E-state index contributed by atoms with van der Waals surface area (Å²) in [5.41, 5.74) is 0.709. The van der Waals surface area contributed by atoms with Crippen molar-refractivity contribution < 1.29 is 23.4 Å². The number of likely N-dealkylation sites (tertiary alicyclic amines) is 1. The van der Waals surface area contributed by atoms with Crippen LogP contribution in [-0.4, -0.2) is 96.6 Å². The van der Waals surface area contributed by atoms with E-state index in [9.17, 15) is 10.1 Å². The van der Waals surface area contributed by atoms with Crippen molar-refractivity contribution in [1.82, 2.24) is 19.8 Å². The number of anilines is 1. The fourth-order valence-corrected chi connectivity index (χ4v) is 5.93. The van der Waals surface area contributed by atoms with Crippen LogP contribution in [0.25, 0.3) is 21.9 Å². The lowest BCUT2D eigenvalue weighted by Gasteiger charge is -2.41. The molecule has 12 heteroatoms. The molecule has 2 saturated heterocycles. The number of amides is 1. The number of aromatic nitrogens is 2. The summed E-state index contributed by atoms with van der Waals surface area (Å²) in [4.78, 5) is 28.5. The molecule has 0 unspecified atom stereocenters. The van der Waals surface area contributed by atoms with Crippen LogP contribution < -0.4 is 9.64 Å². The van der Waals surface area contributed by atoms with Gasteiger partial charge in [0.05, 0.1) is 41.8 Å². The normalized spacial score (nSPS) is 22.2. The van der Waals surface area contributed by atoms with Gasteiger partial charge in [-0.15, -0.1) is 0 Å². The molecule has 1 aromatic carbocycles. The first-order valence-corrected chi connectivity index (χ1v) is 14.2. The van der Waals surface area contributed by atoms with E-state index in [1.54, 1.807) is 18.3 Å². The zero-order valence-electron chi connectivity index (χ0n) is 23.5. The lowest BCUT2D eigenvalue weighted by molar-refractivity contribution is 0.0145. The third-order valence-electron chi connectivity index (χ3n) is 7.44. The summed E-state index contributed by atoms with van der Waals surface area (Å²) in [6.45, 7) is 8.05. The molecule has 0 N–H and O–H groups in total. The average Bonchev–Trinajstić information content (AvgIpc) is 3.53. The summed E-state index contributed by atoms with van der Waals surface area (Å²) in [6, 6.07) is 6.15. The molecule has 3 atom stereocenters. The maximum Gasteiger partial charge on any atom is 0.410 e. The Labute approximate surface area is 242 Å².